The number of carbonyl (C=O) groups excluding carboxylic acids is 2. The van der Waals surface area contributed by atoms with E-state index in [1.165, 1.54) is 32.4 Å². The molecule has 9 heteroatoms. The van der Waals surface area contributed by atoms with Crippen molar-refractivity contribution in [3.63, 3.8) is 0 Å². The van der Waals surface area contributed by atoms with Crippen molar-refractivity contribution in [2.45, 2.75) is 13.5 Å². The number of ether oxygens (including phenoxy) is 4. The van der Waals surface area contributed by atoms with Gasteiger partial charge in [0.1, 0.15) is 17.9 Å². The molecule has 1 aromatic heterocycles. The van der Waals surface area contributed by atoms with Crippen LogP contribution in [0.5, 0.6) is 17.2 Å². The van der Waals surface area contributed by atoms with Crippen molar-refractivity contribution in [3.8, 4) is 17.2 Å². The number of ketones is 1. The fraction of sp³-hybridized carbons (Fsp3) is 0.185. The van der Waals surface area contributed by atoms with E-state index in [0.717, 1.165) is 0 Å². The SMILES string of the molecule is CCOc1ccc2nc(COC(=O)c3ccc(OC)c(OC)c3)c(C(=O)c3ccccc3)[n+]([O-])c2c1. The lowest BCUT2D eigenvalue weighted by Crippen LogP contribution is -2.38. The molecule has 1 heterocycles. The Morgan fingerprint density at radius 3 is 2.36 bits per heavy atom. The Balaban J connectivity index is 1.73. The number of aromatic nitrogens is 2. The van der Waals surface area contributed by atoms with Gasteiger partial charge < -0.3 is 24.2 Å². The van der Waals surface area contributed by atoms with Gasteiger partial charge in [0.15, 0.2) is 17.2 Å². The van der Waals surface area contributed by atoms with Crippen LogP contribution >= 0.6 is 0 Å². The van der Waals surface area contributed by atoms with Gasteiger partial charge in [0.2, 0.25) is 5.52 Å². The Morgan fingerprint density at radius 1 is 0.917 bits per heavy atom. The largest absolute Gasteiger partial charge is 0.618 e. The zero-order chi connectivity index (χ0) is 25.7. The second-order valence-electron chi connectivity index (χ2n) is 7.63. The van der Waals surface area contributed by atoms with Crippen LogP contribution in [0.3, 0.4) is 0 Å². The van der Waals surface area contributed by atoms with Crippen LogP contribution in [0.25, 0.3) is 11.0 Å². The quantitative estimate of drug-likeness (QED) is 0.151. The van der Waals surface area contributed by atoms with E-state index in [9.17, 15) is 14.8 Å². The van der Waals surface area contributed by atoms with Crippen molar-refractivity contribution >= 4 is 22.8 Å². The Labute approximate surface area is 207 Å². The molecule has 0 radical (unpaired) electrons. The van der Waals surface area contributed by atoms with Crippen LogP contribution in [0.15, 0.2) is 66.7 Å². The maximum absolute atomic E-state index is 13.4. The lowest BCUT2D eigenvalue weighted by molar-refractivity contribution is -0.580. The lowest BCUT2D eigenvalue weighted by Gasteiger charge is -2.13. The Hall–Kier alpha value is -4.66. The molecule has 0 spiro atoms. The van der Waals surface area contributed by atoms with Gasteiger partial charge >= 0.3 is 5.97 Å². The number of hydrogen-bond acceptors (Lipinski definition) is 8. The fourth-order valence-electron chi connectivity index (χ4n) is 3.68. The van der Waals surface area contributed by atoms with Crippen molar-refractivity contribution in [3.05, 3.63) is 94.5 Å². The summed E-state index contributed by atoms with van der Waals surface area (Å²) < 4.78 is 21.9. The lowest BCUT2D eigenvalue weighted by atomic mass is 10.1. The van der Waals surface area contributed by atoms with Gasteiger partial charge in [-0.1, -0.05) is 30.3 Å². The summed E-state index contributed by atoms with van der Waals surface area (Å²) in [5.41, 5.74) is 0.801. The molecule has 0 saturated carbocycles. The summed E-state index contributed by atoms with van der Waals surface area (Å²) in [5, 5.41) is 13.4. The molecular weight excluding hydrogens is 464 g/mol. The molecule has 4 rings (SSSR count). The molecule has 0 bridgehead atoms. The van der Waals surface area contributed by atoms with Gasteiger partial charge in [0, 0.05) is 5.56 Å². The first kappa shape index (κ1) is 24.5. The number of fused-ring (bicyclic) bond motifs is 1. The zero-order valence-electron chi connectivity index (χ0n) is 20.0. The minimum Gasteiger partial charge on any atom is -0.618 e. The van der Waals surface area contributed by atoms with Gasteiger partial charge in [0.25, 0.3) is 11.5 Å². The smallest absolute Gasteiger partial charge is 0.338 e. The number of carbonyl (C=O) groups is 2. The van der Waals surface area contributed by atoms with Crippen molar-refractivity contribution in [1.82, 2.24) is 4.98 Å². The van der Waals surface area contributed by atoms with Crippen LogP contribution in [0, 0.1) is 5.21 Å². The van der Waals surface area contributed by atoms with Gasteiger partial charge in [-0.25, -0.2) is 9.78 Å². The molecule has 0 amide bonds. The molecule has 4 aromatic rings. The minimum atomic E-state index is -0.680. The van der Waals surface area contributed by atoms with E-state index in [-0.39, 0.29) is 22.5 Å². The summed E-state index contributed by atoms with van der Waals surface area (Å²) in [6, 6.07) is 17.8. The van der Waals surface area contributed by atoms with Gasteiger partial charge in [-0.15, -0.1) is 0 Å². The summed E-state index contributed by atoms with van der Waals surface area (Å²) in [5.74, 6) is 0.0688. The van der Waals surface area contributed by atoms with Gasteiger partial charge in [0.05, 0.1) is 32.5 Å². The Kier molecular flexibility index (Phi) is 7.29. The standard InChI is InChI=1S/C27H24N2O7/c1-4-35-19-11-12-20-22(15-19)29(32)25(26(30)17-8-6-5-7-9-17)21(28-20)16-36-27(31)18-10-13-23(33-2)24(14-18)34-3/h5-15H,4,16H2,1-3H3. The van der Waals surface area contributed by atoms with Gasteiger partial charge in [-0.3, -0.25) is 4.79 Å². The number of methoxy groups -OCH3 is 2. The van der Waals surface area contributed by atoms with Crippen LogP contribution < -0.4 is 18.9 Å². The van der Waals surface area contributed by atoms with Crippen LogP contribution in [0.2, 0.25) is 0 Å². The van der Waals surface area contributed by atoms with E-state index in [1.807, 2.05) is 6.92 Å². The van der Waals surface area contributed by atoms with E-state index in [4.69, 9.17) is 18.9 Å². The predicted octanol–water partition coefficient (Wildman–Crippen LogP) is 3.87. The maximum Gasteiger partial charge on any atom is 0.338 e. The molecule has 9 nitrogen and oxygen atoms in total. The summed E-state index contributed by atoms with van der Waals surface area (Å²) in [6.45, 7) is 1.85. The highest BCUT2D eigenvalue weighted by atomic mass is 16.5. The van der Waals surface area contributed by atoms with Crippen molar-refractivity contribution in [2.75, 3.05) is 20.8 Å². The molecule has 184 valence electrons. The average molecular weight is 488 g/mol. The molecule has 0 saturated heterocycles. The van der Waals surface area contributed by atoms with Crippen LogP contribution in [0.1, 0.15) is 39.0 Å². The highest BCUT2D eigenvalue weighted by Gasteiger charge is 2.28. The molecule has 0 N–H and O–H groups in total. The molecule has 36 heavy (non-hydrogen) atoms. The van der Waals surface area contributed by atoms with Crippen molar-refractivity contribution in [2.24, 2.45) is 0 Å². The average Bonchev–Trinajstić information content (AvgIpc) is 2.92. The number of esters is 1. The Morgan fingerprint density at radius 2 is 1.67 bits per heavy atom. The number of hydrogen-bond donors (Lipinski definition) is 0. The molecule has 0 aliphatic carbocycles. The third-order valence-electron chi connectivity index (χ3n) is 5.42. The van der Waals surface area contributed by atoms with E-state index in [0.29, 0.717) is 39.7 Å². The highest BCUT2D eigenvalue weighted by Crippen LogP contribution is 2.28. The van der Waals surface area contributed by atoms with E-state index >= 15 is 0 Å². The molecular formula is C27H24N2O7. The van der Waals surface area contributed by atoms with Gasteiger partial charge in [-0.05, 0) is 37.3 Å². The Bertz CT molecular complexity index is 1420. The fourth-order valence-corrected chi connectivity index (χ4v) is 3.68. The third-order valence-corrected chi connectivity index (χ3v) is 5.42. The van der Waals surface area contributed by atoms with E-state index in [2.05, 4.69) is 4.98 Å². The first-order chi connectivity index (χ1) is 17.5. The number of nitrogens with zero attached hydrogens (tertiary/aromatic N) is 2. The van der Waals surface area contributed by atoms with Crippen molar-refractivity contribution in [1.29, 1.82) is 0 Å². The molecule has 3 aromatic carbocycles. The normalized spacial score (nSPS) is 10.6. The summed E-state index contributed by atoms with van der Waals surface area (Å²) in [4.78, 5) is 30.6. The topological polar surface area (TPSA) is 111 Å². The second-order valence-corrected chi connectivity index (χ2v) is 7.63. The van der Waals surface area contributed by atoms with Crippen LogP contribution in [-0.4, -0.2) is 37.6 Å². The predicted molar refractivity (Wildman–Crippen MR) is 130 cm³/mol. The number of benzene rings is 3. The molecule has 0 aliphatic heterocycles. The van der Waals surface area contributed by atoms with Crippen LogP contribution in [-0.2, 0) is 11.3 Å². The van der Waals surface area contributed by atoms with Gasteiger partial charge in [-0.2, -0.15) is 4.73 Å². The van der Waals surface area contributed by atoms with Crippen LogP contribution in [0.4, 0.5) is 0 Å². The van der Waals surface area contributed by atoms with E-state index in [1.54, 1.807) is 48.5 Å². The van der Waals surface area contributed by atoms with Crippen molar-refractivity contribution < 1.29 is 33.3 Å². The maximum atomic E-state index is 13.4. The highest BCUT2D eigenvalue weighted by molar-refractivity contribution is 6.07. The first-order valence-electron chi connectivity index (χ1n) is 11.1. The molecule has 0 aliphatic rings. The number of rotatable bonds is 9. The molecule has 0 unspecified atom stereocenters. The monoisotopic (exact) mass is 488 g/mol. The summed E-state index contributed by atoms with van der Waals surface area (Å²) in [6.07, 6.45) is 0. The third kappa shape index (κ3) is 4.90. The molecule has 0 atom stereocenters. The first-order valence-corrected chi connectivity index (χ1v) is 11.1. The zero-order valence-corrected chi connectivity index (χ0v) is 20.0. The summed E-state index contributed by atoms with van der Waals surface area (Å²) in [7, 11) is 2.94. The van der Waals surface area contributed by atoms with E-state index < -0.39 is 18.4 Å². The second kappa shape index (κ2) is 10.7. The minimum absolute atomic E-state index is 0.0318. The summed E-state index contributed by atoms with van der Waals surface area (Å²) >= 11 is 0. The molecule has 0 fully saturated rings.